The number of anilines is 3. The molecule has 1 aliphatic carbocycles. The fourth-order valence-electron chi connectivity index (χ4n) is 6.30. The minimum atomic E-state index is -0.515. The maximum atomic E-state index is 13.2. The van der Waals surface area contributed by atoms with Gasteiger partial charge in [-0.2, -0.15) is 0 Å². The average molecular weight is 585 g/mol. The number of Topliss-reactive ketones (excluding diaryl/α,β-unsaturated/α-hetero) is 1. The number of carbonyl (C=O) groups excluding carboxylic acids is 3. The fourth-order valence-corrected chi connectivity index (χ4v) is 6.30. The second kappa shape index (κ2) is 12.4. The largest absolute Gasteiger partial charge is 0.385 e. The summed E-state index contributed by atoms with van der Waals surface area (Å²) in [6.07, 6.45) is 7.97. The monoisotopic (exact) mass is 584 g/mol. The number of piperidine rings is 1. The highest BCUT2D eigenvalue weighted by Crippen LogP contribution is 2.39. The minimum absolute atomic E-state index is 0.00666. The molecule has 2 amide bonds. The zero-order chi connectivity index (χ0) is 29.9. The summed E-state index contributed by atoms with van der Waals surface area (Å²) in [6.45, 7) is 1.22. The first-order valence-corrected chi connectivity index (χ1v) is 15.1. The van der Waals surface area contributed by atoms with Crippen molar-refractivity contribution in [2.24, 2.45) is 11.7 Å². The molecule has 2 saturated heterocycles. The lowest BCUT2D eigenvalue weighted by Gasteiger charge is -2.40. The van der Waals surface area contributed by atoms with Crippen LogP contribution in [0.15, 0.2) is 60.8 Å². The van der Waals surface area contributed by atoms with Crippen molar-refractivity contribution in [3.05, 3.63) is 83.3 Å². The van der Waals surface area contributed by atoms with Crippen molar-refractivity contribution in [2.45, 2.75) is 63.1 Å². The van der Waals surface area contributed by atoms with Gasteiger partial charge in [-0.3, -0.25) is 14.4 Å². The Balaban J connectivity index is 1.03. The molecule has 3 aromatic rings. The quantitative estimate of drug-likeness (QED) is 0.226. The van der Waals surface area contributed by atoms with Gasteiger partial charge in [0, 0.05) is 66.3 Å². The third-order valence-electron chi connectivity index (χ3n) is 8.75. The van der Waals surface area contributed by atoms with E-state index >= 15 is 0 Å². The molecule has 2 unspecified atom stereocenters. The zero-order valence-electron chi connectivity index (χ0n) is 24.0. The Hall–Kier alpha value is -4.47. The standard InChI is InChI=1S/C33H37FN6O3/c34-23-5-7-24(8-6-23)36-14-13-30(41)22-4-12-31(38-19-22)40-26-9-10-27(40)17-25(16-26)39-33(43)21-3-11-28(32(35)42)29(15-21)37-18-20-1-2-20/h3-8,11-12,15,19-20,25-27,36-37H,1-2,9-10,13-14,16-18H2,(H2,35,42)(H,39,43). The molecular weight excluding hydrogens is 547 g/mol. The average Bonchev–Trinajstić information content (AvgIpc) is 3.80. The number of hydrogen-bond donors (Lipinski definition) is 4. The van der Waals surface area contributed by atoms with Gasteiger partial charge >= 0.3 is 0 Å². The van der Waals surface area contributed by atoms with Gasteiger partial charge in [-0.05, 0) is 99.0 Å². The van der Waals surface area contributed by atoms with Crippen molar-refractivity contribution in [3.63, 3.8) is 0 Å². The number of aromatic nitrogens is 1. The van der Waals surface area contributed by atoms with Crippen LogP contribution < -0.4 is 26.6 Å². The summed E-state index contributed by atoms with van der Waals surface area (Å²) >= 11 is 0. The maximum absolute atomic E-state index is 13.2. The highest BCUT2D eigenvalue weighted by Gasteiger charge is 2.42. The lowest BCUT2D eigenvalue weighted by molar-refractivity contribution is 0.0924. The van der Waals surface area contributed by atoms with E-state index in [0.717, 1.165) is 43.7 Å². The predicted molar refractivity (Wildman–Crippen MR) is 164 cm³/mol. The number of primary amides is 1. The van der Waals surface area contributed by atoms with E-state index < -0.39 is 5.91 Å². The van der Waals surface area contributed by atoms with E-state index in [2.05, 4.69) is 25.8 Å². The van der Waals surface area contributed by atoms with Crippen molar-refractivity contribution in [1.82, 2.24) is 10.3 Å². The van der Waals surface area contributed by atoms with E-state index in [0.29, 0.717) is 41.3 Å². The Morgan fingerprint density at radius 1 is 0.907 bits per heavy atom. The molecule has 2 atom stereocenters. The van der Waals surface area contributed by atoms with E-state index in [4.69, 9.17) is 5.73 Å². The van der Waals surface area contributed by atoms with Crippen LogP contribution in [0.2, 0.25) is 0 Å². The molecule has 1 saturated carbocycles. The number of hydrogen-bond acceptors (Lipinski definition) is 7. The molecule has 2 aromatic carbocycles. The number of carbonyl (C=O) groups is 3. The maximum Gasteiger partial charge on any atom is 0.251 e. The number of halogens is 1. The summed E-state index contributed by atoms with van der Waals surface area (Å²) in [4.78, 5) is 44.8. The molecule has 0 radical (unpaired) electrons. The molecular formula is C33H37FN6O3. The van der Waals surface area contributed by atoms with Crippen LogP contribution in [0.25, 0.3) is 0 Å². The Kier molecular flexibility index (Phi) is 8.26. The van der Waals surface area contributed by atoms with Gasteiger partial charge in [0.15, 0.2) is 5.78 Å². The molecule has 10 heteroatoms. The first kappa shape index (κ1) is 28.6. The third kappa shape index (κ3) is 6.79. The number of nitrogens with two attached hydrogens (primary N) is 1. The van der Waals surface area contributed by atoms with Crippen LogP contribution in [0.1, 0.15) is 76.0 Å². The summed E-state index contributed by atoms with van der Waals surface area (Å²) in [5.74, 6) is 0.493. The Morgan fingerprint density at radius 3 is 2.28 bits per heavy atom. The first-order chi connectivity index (χ1) is 20.8. The van der Waals surface area contributed by atoms with Gasteiger partial charge in [-0.15, -0.1) is 0 Å². The lowest BCUT2D eigenvalue weighted by Crippen LogP contribution is -2.50. The number of amides is 2. The number of rotatable bonds is 12. The van der Waals surface area contributed by atoms with E-state index in [1.165, 1.54) is 25.0 Å². The van der Waals surface area contributed by atoms with E-state index in [9.17, 15) is 18.8 Å². The van der Waals surface area contributed by atoms with Crippen LogP contribution in [0.3, 0.4) is 0 Å². The molecule has 2 aliphatic heterocycles. The third-order valence-corrected chi connectivity index (χ3v) is 8.75. The molecule has 224 valence electrons. The van der Waals surface area contributed by atoms with Crippen LogP contribution in [0, 0.1) is 11.7 Å². The molecule has 6 rings (SSSR count). The summed E-state index contributed by atoms with van der Waals surface area (Å²) in [5, 5.41) is 9.66. The van der Waals surface area contributed by atoms with Crippen LogP contribution in [0.4, 0.5) is 21.6 Å². The summed E-state index contributed by atoms with van der Waals surface area (Å²) in [5.41, 5.74) is 8.40. The van der Waals surface area contributed by atoms with Gasteiger partial charge in [0.25, 0.3) is 11.8 Å². The number of nitrogens with zero attached hydrogens (tertiary/aromatic N) is 2. The Morgan fingerprint density at radius 2 is 1.63 bits per heavy atom. The zero-order valence-corrected chi connectivity index (χ0v) is 24.0. The summed E-state index contributed by atoms with van der Waals surface area (Å²) < 4.78 is 13.1. The SMILES string of the molecule is NC(=O)c1ccc(C(=O)NC2CC3CCC(C2)N3c2ccc(C(=O)CCNc3ccc(F)cc3)cn2)cc1NCC1CC1. The van der Waals surface area contributed by atoms with Gasteiger partial charge in [0.2, 0.25) is 0 Å². The van der Waals surface area contributed by atoms with Gasteiger partial charge in [-0.1, -0.05) is 0 Å². The Bertz CT molecular complexity index is 1480. The van der Waals surface area contributed by atoms with Gasteiger partial charge < -0.3 is 26.6 Å². The van der Waals surface area contributed by atoms with E-state index in [1.54, 1.807) is 36.5 Å². The Labute approximate surface area is 250 Å². The van der Waals surface area contributed by atoms with Crippen molar-refractivity contribution >= 4 is 34.8 Å². The van der Waals surface area contributed by atoms with Crippen LogP contribution in [-0.2, 0) is 0 Å². The molecule has 2 bridgehead atoms. The smallest absolute Gasteiger partial charge is 0.251 e. The van der Waals surface area contributed by atoms with Crippen molar-refractivity contribution in [2.75, 3.05) is 28.6 Å². The number of fused-ring (bicyclic) bond motifs is 2. The number of benzene rings is 2. The molecule has 0 spiro atoms. The molecule has 3 fully saturated rings. The summed E-state index contributed by atoms with van der Waals surface area (Å²) in [6, 6.07) is 15.4. The highest BCUT2D eigenvalue weighted by atomic mass is 19.1. The molecule has 3 aliphatic rings. The van der Waals surface area contributed by atoms with Crippen LogP contribution in [-0.4, -0.2) is 53.8 Å². The lowest BCUT2D eigenvalue weighted by atomic mass is 9.96. The summed E-state index contributed by atoms with van der Waals surface area (Å²) in [7, 11) is 0. The number of pyridine rings is 1. The highest BCUT2D eigenvalue weighted by molar-refractivity contribution is 6.02. The van der Waals surface area contributed by atoms with Crippen molar-refractivity contribution in [1.29, 1.82) is 0 Å². The minimum Gasteiger partial charge on any atom is -0.385 e. The molecule has 43 heavy (non-hydrogen) atoms. The van der Waals surface area contributed by atoms with Gasteiger partial charge in [-0.25, -0.2) is 9.37 Å². The normalized spacial score (nSPS) is 20.9. The predicted octanol–water partition coefficient (Wildman–Crippen LogP) is 4.76. The number of ketones is 1. The second-order valence-electron chi connectivity index (χ2n) is 11.9. The van der Waals surface area contributed by atoms with Crippen LogP contribution >= 0.6 is 0 Å². The molecule has 9 nitrogen and oxygen atoms in total. The first-order valence-electron chi connectivity index (χ1n) is 15.1. The molecule has 1 aromatic heterocycles. The van der Waals surface area contributed by atoms with Gasteiger partial charge in [0.05, 0.1) is 5.56 Å². The van der Waals surface area contributed by atoms with Crippen molar-refractivity contribution in [3.8, 4) is 0 Å². The molecule has 3 heterocycles. The van der Waals surface area contributed by atoms with Crippen LogP contribution in [0.5, 0.6) is 0 Å². The number of nitrogens with one attached hydrogen (secondary N) is 3. The van der Waals surface area contributed by atoms with Crippen molar-refractivity contribution < 1.29 is 18.8 Å². The van der Waals surface area contributed by atoms with Gasteiger partial charge in [0.1, 0.15) is 11.6 Å². The van der Waals surface area contributed by atoms with E-state index in [1.807, 2.05) is 12.1 Å². The molecule has 5 N–H and O–H groups in total. The second-order valence-corrected chi connectivity index (χ2v) is 11.9. The fraction of sp³-hybridized carbons (Fsp3) is 0.394. The van der Waals surface area contributed by atoms with E-state index in [-0.39, 0.29) is 35.6 Å². The topological polar surface area (TPSA) is 129 Å².